The summed E-state index contributed by atoms with van der Waals surface area (Å²) in [6, 6.07) is -0.764. The molecule has 250 valence electrons. The topological polar surface area (TPSA) is 299 Å². The van der Waals surface area contributed by atoms with Crippen molar-refractivity contribution in [3.8, 4) is 0 Å². The number of aliphatic hydroxyl groups is 5. The number of phosphoric ester groups is 2. The Balaban J connectivity index is 1.51. The van der Waals surface area contributed by atoms with Gasteiger partial charge in [-0.05, 0) is 6.08 Å². The van der Waals surface area contributed by atoms with E-state index < -0.39 is 89.7 Å². The van der Waals surface area contributed by atoms with Crippen LogP contribution < -0.4 is 11.1 Å². The first-order valence-electron chi connectivity index (χ1n) is 12.7. The number of thioether (sulfide) groups is 1. The van der Waals surface area contributed by atoms with Gasteiger partial charge in [-0.15, -0.1) is 0 Å². The number of hydrogen-bond acceptors (Lipinski definition) is 17. The molecule has 0 aromatic heterocycles. The van der Waals surface area contributed by atoms with Crippen LogP contribution >= 0.6 is 27.4 Å². The molecule has 0 bridgehead atoms. The van der Waals surface area contributed by atoms with Crippen molar-refractivity contribution in [2.45, 2.75) is 61.4 Å². The van der Waals surface area contributed by atoms with Gasteiger partial charge in [-0.25, -0.2) is 13.9 Å². The first-order chi connectivity index (χ1) is 20.2. The van der Waals surface area contributed by atoms with Crippen LogP contribution in [0.25, 0.3) is 0 Å². The minimum absolute atomic E-state index is 0.0366. The van der Waals surface area contributed by atoms with Crippen LogP contribution in [0.2, 0.25) is 0 Å². The Morgan fingerprint density at radius 2 is 1.67 bits per heavy atom. The Hall–Kier alpha value is -0.780. The number of hydrogen-bond donors (Lipinski definition) is 9. The van der Waals surface area contributed by atoms with Gasteiger partial charge in [0.2, 0.25) is 0 Å². The average Bonchev–Trinajstić information content (AvgIpc) is 3.20. The van der Waals surface area contributed by atoms with Gasteiger partial charge in [-0.1, -0.05) is 0 Å². The summed E-state index contributed by atoms with van der Waals surface area (Å²) in [5, 5.41) is 53.5. The second kappa shape index (κ2) is 16.2. The summed E-state index contributed by atoms with van der Waals surface area (Å²) in [4.78, 5) is 33.1. The summed E-state index contributed by atoms with van der Waals surface area (Å²) in [6.07, 6.45) is -13.4. The molecule has 2 amide bonds. The number of aliphatic hydroxyl groups excluding tert-OH is 5. The van der Waals surface area contributed by atoms with E-state index in [0.29, 0.717) is 25.6 Å². The van der Waals surface area contributed by atoms with Crippen LogP contribution in [-0.2, 0) is 41.4 Å². The lowest BCUT2D eigenvalue weighted by Gasteiger charge is -2.40. The SMILES string of the molecule is COCCOCCSCC1O[C@H](OP(=O)(O)OP(=O)(O)OCC2OC(N3C=CC(N)NC3=O)[C@H](O)[C@@H]2O)[C@@H](O)C(O)[C@H]1O. The first kappa shape index (κ1) is 36.7. The number of nitrogens with zero attached hydrogens (tertiary/aromatic N) is 1. The number of methoxy groups -OCH3 is 1. The maximum Gasteiger partial charge on any atom is 0.483 e. The average molecular weight is 686 g/mol. The fourth-order valence-electron chi connectivity index (χ4n) is 3.99. The maximum absolute atomic E-state index is 12.5. The second-order valence-corrected chi connectivity index (χ2v) is 13.5. The van der Waals surface area contributed by atoms with Gasteiger partial charge < -0.3 is 65.3 Å². The number of phosphoric acid groups is 2. The van der Waals surface area contributed by atoms with Gasteiger partial charge >= 0.3 is 21.7 Å². The Kier molecular flexibility index (Phi) is 13.8. The van der Waals surface area contributed by atoms with Gasteiger partial charge in [-0.2, -0.15) is 16.1 Å². The van der Waals surface area contributed by atoms with E-state index in [1.54, 1.807) is 0 Å². The van der Waals surface area contributed by atoms with Crippen molar-refractivity contribution in [2.75, 3.05) is 45.0 Å². The standard InChI is InChI=1S/C20H37N3O17P2S/c1-34-4-5-35-6-7-43-9-11-14(25)15(26)17(28)19(38-11)39-42(32,33)40-41(30,31)36-8-10-13(24)16(27)18(37-10)23-3-2-12(21)22-20(23)29/h2-3,10-19,24-28H,4-9,21H2,1H3,(H,22,29)(H,30,31)(H,32,33)/t10?,11?,12?,13-,14+,15?,16-,17+,18?,19-/m1/s1. The van der Waals surface area contributed by atoms with Gasteiger partial charge in [0.1, 0.15) is 36.6 Å². The van der Waals surface area contributed by atoms with Gasteiger partial charge in [-0.3, -0.25) is 13.9 Å². The summed E-state index contributed by atoms with van der Waals surface area (Å²) in [5.74, 6) is 0.481. The summed E-state index contributed by atoms with van der Waals surface area (Å²) in [7, 11) is -9.50. The zero-order valence-corrected chi connectivity index (χ0v) is 25.3. The quantitative estimate of drug-likeness (QED) is 0.0568. The molecule has 3 aliphatic rings. The molecule has 0 aromatic carbocycles. The highest BCUT2D eigenvalue weighted by Gasteiger charge is 2.50. The largest absolute Gasteiger partial charge is 0.483 e. The summed E-state index contributed by atoms with van der Waals surface area (Å²) >= 11 is 1.23. The predicted octanol–water partition coefficient (Wildman–Crippen LogP) is -3.29. The Morgan fingerprint density at radius 1 is 0.977 bits per heavy atom. The summed E-state index contributed by atoms with van der Waals surface area (Å²) in [6.45, 7) is 0.129. The third-order valence-electron chi connectivity index (χ3n) is 6.19. The molecule has 3 rings (SSSR count). The molecule has 0 spiro atoms. The van der Waals surface area contributed by atoms with Crippen LogP contribution in [0.15, 0.2) is 12.3 Å². The fourth-order valence-corrected chi connectivity index (χ4v) is 7.06. The molecule has 12 atom stereocenters. The van der Waals surface area contributed by atoms with Gasteiger partial charge in [0, 0.05) is 24.8 Å². The van der Waals surface area contributed by atoms with Gasteiger partial charge in [0.05, 0.1) is 38.7 Å². The number of amides is 2. The molecule has 23 heteroatoms. The van der Waals surface area contributed by atoms with Crippen LogP contribution in [-0.4, -0.2) is 153 Å². The maximum atomic E-state index is 12.5. The molecular weight excluding hydrogens is 648 g/mol. The molecule has 0 aromatic rings. The highest BCUT2D eigenvalue weighted by molar-refractivity contribution is 7.99. The van der Waals surface area contributed by atoms with Crippen LogP contribution in [0.3, 0.4) is 0 Å². The van der Waals surface area contributed by atoms with Crippen molar-refractivity contribution in [3.05, 3.63) is 12.3 Å². The smallest absolute Gasteiger partial charge is 0.388 e. The van der Waals surface area contributed by atoms with Crippen LogP contribution in [0.5, 0.6) is 0 Å². The Morgan fingerprint density at radius 3 is 2.35 bits per heavy atom. The number of rotatable bonds is 16. The third kappa shape index (κ3) is 10.4. The molecule has 0 radical (unpaired) electrons. The molecule has 3 aliphatic heterocycles. The number of carbonyl (C=O) groups is 1. The lowest BCUT2D eigenvalue weighted by atomic mass is 10.0. The number of carbonyl (C=O) groups excluding carboxylic acids is 1. The molecule has 7 unspecified atom stereocenters. The number of ether oxygens (including phenoxy) is 4. The van der Waals surface area contributed by atoms with Gasteiger partial charge in [0.15, 0.2) is 12.5 Å². The number of urea groups is 1. The highest BCUT2D eigenvalue weighted by Crippen LogP contribution is 2.61. The van der Waals surface area contributed by atoms with E-state index in [1.807, 2.05) is 0 Å². The molecule has 0 aliphatic carbocycles. The van der Waals surface area contributed by atoms with E-state index in [9.17, 15) is 49.2 Å². The molecule has 2 fully saturated rings. The second-order valence-electron chi connectivity index (χ2n) is 9.39. The monoisotopic (exact) mass is 685 g/mol. The van der Waals surface area contributed by atoms with E-state index in [0.717, 1.165) is 4.90 Å². The van der Waals surface area contributed by atoms with Crippen molar-refractivity contribution in [1.82, 2.24) is 10.2 Å². The van der Waals surface area contributed by atoms with E-state index in [2.05, 4.69) is 18.7 Å². The molecule has 0 saturated carbocycles. The van der Waals surface area contributed by atoms with Crippen LogP contribution in [0.1, 0.15) is 0 Å². The lowest BCUT2D eigenvalue weighted by Crippen LogP contribution is -2.58. The molecule has 43 heavy (non-hydrogen) atoms. The highest BCUT2D eigenvalue weighted by atomic mass is 32.2. The van der Waals surface area contributed by atoms with Crippen LogP contribution in [0.4, 0.5) is 4.79 Å². The predicted molar refractivity (Wildman–Crippen MR) is 143 cm³/mol. The zero-order chi connectivity index (χ0) is 31.9. The Bertz CT molecular complexity index is 1050. The van der Waals surface area contributed by atoms with Crippen molar-refractivity contribution >= 4 is 33.4 Å². The molecule has 20 nitrogen and oxygen atoms in total. The first-order valence-corrected chi connectivity index (χ1v) is 16.9. The van der Waals surface area contributed by atoms with Crippen molar-refractivity contribution < 1.29 is 81.5 Å². The molecule has 2 saturated heterocycles. The number of nitrogens with two attached hydrogens (primary N) is 1. The van der Waals surface area contributed by atoms with E-state index in [1.165, 1.54) is 31.1 Å². The van der Waals surface area contributed by atoms with E-state index in [-0.39, 0.29) is 5.75 Å². The Labute approximate surface area is 249 Å². The van der Waals surface area contributed by atoms with Crippen molar-refractivity contribution in [2.24, 2.45) is 5.73 Å². The van der Waals surface area contributed by atoms with Crippen molar-refractivity contribution in [1.29, 1.82) is 0 Å². The minimum Gasteiger partial charge on any atom is -0.388 e. The fraction of sp³-hybridized carbons (Fsp3) is 0.850. The minimum atomic E-state index is -5.57. The van der Waals surface area contributed by atoms with Gasteiger partial charge in [0.25, 0.3) is 0 Å². The number of nitrogens with one attached hydrogen (secondary N) is 1. The third-order valence-corrected chi connectivity index (χ3v) is 9.81. The lowest BCUT2D eigenvalue weighted by molar-refractivity contribution is -0.270. The summed E-state index contributed by atoms with van der Waals surface area (Å²) in [5.41, 5.74) is 5.55. The molecule has 10 N–H and O–H groups in total. The van der Waals surface area contributed by atoms with Crippen molar-refractivity contribution in [3.63, 3.8) is 0 Å². The van der Waals surface area contributed by atoms with E-state index in [4.69, 9.17) is 24.7 Å². The van der Waals surface area contributed by atoms with E-state index >= 15 is 0 Å². The zero-order valence-electron chi connectivity index (χ0n) is 22.7. The summed E-state index contributed by atoms with van der Waals surface area (Å²) < 4.78 is 59.2. The normalized spacial score (nSPS) is 37.6. The van der Waals surface area contributed by atoms with Crippen LogP contribution in [0, 0.1) is 0 Å². The molecule has 3 heterocycles. The molecular formula is C20H37N3O17P2S.